The number of para-hydroxylation sites is 1. The van der Waals surface area contributed by atoms with Crippen molar-refractivity contribution in [1.29, 1.82) is 0 Å². The Morgan fingerprint density at radius 2 is 1.95 bits per heavy atom. The quantitative estimate of drug-likeness (QED) is 0.784. The van der Waals surface area contributed by atoms with E-state index in [2.05, 4.69) is 9.97 Å². The van der Waals surface area contributed by atoms with Gasteiger partial charge < -0.3 is 9.72 Å². The summed E-state index contributed by atoms with van der Waals surface area (Å²) < 4.78 is 5.64. The number of nitrogens with one attached hydrogen (secondary N) is 1. The number of nitrogens with zero attached hydrogens (tertiary/aromatic N) is 1. The Hall–Kier alpha value is -2.00. The molecule has 0 radical (unpaired) electrons. The fraction of sp³-hybridized carbons (Fsp3) is 0.133. The maximum absolute atomic E-state index is 5.94. The van der Waals surface area contributed by atoms with Crippen molar-refractivity contribution in [2.24, 2.45) is 0 Å². The predicted molar refractivity (Wildman–Crippen MR) is 76.7 cm³/mol. The Labute approximate surface area is 116 Å². The summed E-state index contributed by atoms with van der Waals surface area (Å²) in [7, 11) is 0. The highest BCUT2D eigenvalue weighted by atomic mass is 35.5. The minimum Gasteiger partial charge on any atom is -0.493 e. The number of aromatic nitrogens is 2. The van der Waals surface area contributed by atoms with Gasteiger partial charge in [-0.1, -0.05) is 29.8 Å². The van der Waals surface area contributed by atoms with Gasteiger partial charge in [0.05, 0.1) is 17.6 Å². The summed E-state index contributed by atoms with van der Waals surface area (Å²) in [6, 6.07) is 15.4. The highest BCUT2D eigenvalue weighted by molar-refractivity contribution is 6.31. The molecule has 2 aromatic carbocycles. The number of H-pyrrole nitrogens is 1. The molecule has 3 nitrogen and oxygen atoms in total. The topological polar surface area (TPSA) is 37.9 Å². The lowest BCUT2D eigenvalue weighted by Gasteiger charge is -2.03. The van der Waals surface area contributed by atoms with Crippen LogP contribution in [0.2, 0.25) is 5.02 Å². The van der Waals surface area contributed by atoms with Gasteiger partial charge in [-0.3, -0.25) is 0 Å². The standard InChI is InChI=1S/C15H13ClN2O/c16-11-6-7-13-14(10-11)18-15(17-13)8-9-19-12-4-2-1-3-5-12/h1-7,10H,8-9H2,(H,17,18). The van der Waals surface area contributed by atoms with E-state index in [1.807, 2.05) is 48.5 Å². The number of fused-ring (bicyclic) bond motifs is 1. The largest absolute Gasteiger partial charge is 0.493 e. The molecule has 0 saturated carbocycles. The minimum absolute atomic E-state index is 0.595. The van der Waals surface area contributed by atoms with Crippen molar-refractivity contribution in [3.63, 3.8) is 0 Å². The summed E-state index contributed by atoms with van der Waals surface area (Å²) in [5.74, 6) is 1.79. The number of imidazole rings is 1. The highest BCUT2D eigenvalue weighted by Gasteiger charge is 2.03. The Balaban J connectivity index is 1.65. The van der Waals surface area contributed by atoms with Crippen molar-refractivity contribution in [3.05, 3.63) is 59.4 Å². The van der Waals surface area contributed by atoms with Crippen LogP contribution in [0.4, 0.5) is 0 Å². The number of aromatic amines is 1. The summed E-state index contributed by atoms with van der Waals surface area (Å²) in [5.41, 5.74) is 1.89. The van der Waals surface area contributed by atoms with Crippen LogP contribution in [-0.2, 0) is 6.42 Å². The first-order valence-electron chi connectivity index (χ1n) is 6.13. The lowest BCUT2D eigenvalue weighted by atomic mass is 10.3. The van der Waals surface area contributed by atoms with Crippen LogP contribution < -0.4 is 4.74 Å². The molecular weight excluding hydrogens is 260 g/mol. The van der Waals surface area contributed by atoms with E-state index >= 15 is 0 Å². The molecule has 0 aliphatic carbocycles. The summed E-state index contributed by atoms with van der Waals surface area (Å²) in [6.45, 7) is 0.595. The molecule has 1 N–H and O–H groups in total. The third-order valence-corrected chi connectivity index (χ3v) is 3.08. The number of hydrogen-bond acceptors (Lipinski definition) is 2. The minimum atomic E-state index is 0.595. The first kappa shape index (κ1) is 12.1. The van der Waals surface area contributed by atoms with E-state index < -0.39 is 0 Å². The first-order valence-corrected chi connectivity index (χ1v) is 6.51. The molecule has 1 aromatic heterocycles. The van der Waals surface area contributed by atoms with E-state index in [0.29, 0.717) is 11.6 Å². The number of halogens is 1. The molecule has 0 spiro atoms. The Morgan fingerprint density at radius 1 is 1.11 bits per heavy atom. The molecule has 0 aliphatic rings. The number of benzene rings is 2. The fourth-order valence-electron chi connectivity index (χ4n) is 1.94. The van der Waals surface area contributed by atoms with Crippen molar-refractivity contribution < 1.29 is 4.74 Å². The summed E-state index contributed by atoms with van der Waals surface area (Å²) >= 11 is 5.94. The van der Waals surface area contributed by atoms with E-state index in [0.717, 1.165) is 29.0 Å². The van der Waals surface area contributed by atoms with Crippen LogP contribution in [0.25, 0.3) is 11.0 Å². The molecule has 0 atom stereocenters. The molecule has 0 bridgehead atoms. The second-order valence-corrected chi connectivity index (χ2v) is 4.69. The molecule has 3 aromatic rings. The van der Waals surface area contributed by atoms with E-state index in [1.165, 1.54) is 0 Å². The smallest absolute Gasteiger partial charge is 0.119 e. The zero-order valence-corrected chi connectivity index (χ0v) is 11.0. The maximum Gasteiger partial charge on any atom is 0.119 e. The zero-order chi connectivity index (χ0) is 13.1. The summed E-state index contributed by atoms with van der Waals surface area (Å²) in [6.07, 6.45) is 0.737. The maximum atomic E-state index is 5.94. The first-order chi connectivity index (χ1) is 9.31. The van der Waals surface area contributed by atoms with Gasteiger partial charge in [0.15, 0.2) is 0 Å². The van der Waals surface area contributed by atoms with E-state index in [4.69, 9.17) is 16.3 Å². The van der Waals surface area contributed by atoms with Crippen LogP contribution in [0.5, 0.6) is 5.75 Å². The second-order valence-electron chi connectivity index (χ2n) is 4.26. The van der Waals surface area contributed by atoms with Gasteiger partial charge in [-0.05, 0) is 30.3 Å². The highest BCUT2D eigenvalue weighted by Crippen LogP contribution is 2.17. The van der Waals surface area contributed by atoms with E-state index in [9.17, 15) is 0 Å². The fourth-order valence-corrected chi connectivity index (χ4v) is 2.11. The van der Waals surface area contributed by atoms with Crippen molar-refractivity contribution in [1.82, 2.24) is 9.97 Å². The van der Waals surface area contributed by atoms with Crippen LogP contribution in [0.15, 0.2) is 48.5 Å². The third-order valence-electron chi connectivity index (χ3n) is 2.84. The van der Waals surface area contributed by atoms with Crippen LogP contribution >= 0.6 is 11.6 Å². The molecule has 0 aliphatic heterocycles. The average molecular weight is 273 g/mol. The lowest BCUT2D eigenvalue weighted by molar-refractivity contribution is 0.319. The molecule has 96 valence electrons. The number of rotatable bonds is 4. The van der Waals surface area contributed by atoms with Crippen molar-refractivity contribution in [2.75, 3.05) is 6.61 Å². The molecule has 3 rings (SSSR count). The molecule has 1 heterocycles. The Kier molecular flexibility index (Phi) is 3.38. The molecule has 0 unspecified atom stereocenters. The van der Waals surface area contributed by atoms with Crippen molar-refractivity contribution in [3.8, 4) is 5.75 Å². The van der Waals surface area contributed by atoms with Gasteiger partial charge in [0.1, 0.15) is 11.6 Å². The Bertz CT molecular complexity index is 679. The summed E-state index contributed by atoms with van der Waals surface area (Å²) in [4.78, 5) is 7.74. The van der Waals surface area contributed by atoms with Gasteiger partial charge in [-0.15, -0.1) is 0 Å². The van der Waals surface area contributed by atoms with Crippen molar-refractivity contribution in [2.45, 2.75) is 6.42 Å². The van der Waals surface area contributed by atoms with Gasteiger partial charge >= 0.3 is 0 Å². The summed E-state index contributed by atoms with van der Waals surface area (Å²) in [5, 5.41) is 0.711. The molecule has 0 saturated heterocycles. The predicted octanol–water partition coefficient (Wildman–Crippen LogP) is 3.84. The van der Waals surface area contributed by atoms with Gasteiger partial charge in [-0.25, -0.2) is 4.98 Å². The van der Waals surface area contributed by atoms with E-state index in [1.54, 1.807) is 0 Å². The van der Waals surface area contributed by atoms with Crippen LogP contribution in [0, 0.1) is 0 Å². The SMILES string of the molecule is Clc1ccc2nc(CCOc3ccccc3)[nH]c2c1. The Morgan fingerprint density at radius 3 is 2.79 bits per heavy atom. The van der Waals surface area contributed by atoms with Gasteiger partial charge in [0, 0.05) is 11.4 Å². The van der Waals surface area contributed by atoms with Gasteiger partial charge in [0.2, 0.25) is 0 Å². The number of ether oxygens (including phenoxy) is 1. The molecule has 0 amide bonds. The third kappa shape index (κ3) is 2.88. The van der Waals surface area contributed by atoms with E-state index in [-0.39, 0.29) is 0 Å². The lowest BCUT2D eigenvalue weighted by Crippen LogP contribution is -2.02. The molecule has 4 heteroatoms. The average Bonchev–Trinajstić information content (AvgIpc) is 2.82. The molecular formula is C15H13ClN2O. The molecule has 19 heavy (non-hydrogen) atoms. The van der Waals surface area contributed by atoms with Gasteiger partial charge in [0.25, 0.3) is 0 Å². The van der Waals surface area contributed by atoms with Crippen molar-refractivity contribution >= 4 is 22.6 Å². The molecule has 0 fully saturated rings. The second kappa shape index (κ2) is 5.33. The normalized spacial score (nSPS) is 10.8. The van der Waals surface area contributed by atoms with Crippen LogP contribution in [0.1, 0.15) is 5.82 Å². The number of hydrogen-bond donors (Lipinski definition) is 1. The van der Waals surface area contributed by atoms with Gasteiger partial charge in [-0.2, -0.15) is 0 Å². The zero-order valence-electron chi connectivity index (χ0n) is 10.3. The monoisotopic (exact) mass is 272 g/mol. The van der Waals surface area contributed by atoms with Crippen LogP contribution in [0.3, 0.4) is 0 Å². The van der Waals surface area contributed by atoms with Crippen LogP contribution in [-0.4, -0.2) is 16.6 Å².